The number of aryl methyl sites for hydroxylation is 1. The zero-order chi connectivity index (χ0) is 16.8. The van der Waals surface area contributed by atoms with Crippen LogP contribution in [0.3, 0.4) is 0 Å². The van der Waals surface area contributed by atoms with Gasteiger partial charge in [0, 0.05) is 56.3 Å². The summed E-state index contributed by atoms with van der Waals surface area (Å²) >= 11 is 1.81. The Morgan fingerprint density at radius 3 is 2.83 bits per heavy atom. The van der Waals surface area contributed by atoms with Crippen molar-refractivity contribution < 1.29 is 0 Å². The van der Waals surface area contributed by atoms with Crippen molar-refractivity contribution >= 4 is 17.3 Å². The Bertz CT molecular complexity index is 511. The van der Waals surface area contributed by atoms with Crippen molar-refractivity contribution in [3.05, 3.63) is 16.1 Å². The number of rotatable bonds is 6. The molecule has 0 radical (unpaired) electrons. The van der Waals surface area contributed by atoms with Crippen molar-refractivity contribution in [2.75, 3.05) is 26.7 Å². The molecule has 0 aromatic carbocycles. The lowest BCUT2D eigenvalue weighted by atomic mass is 10.1. The predicted molar refractivity (Wildman–Crippen MR) is 99.4 cm³/mol. The number of guanidine groups is 1. The second kappa shape index (κ2) is 8.64. The van der Waals surface area contributed by atoms with Crippen LogP contribution >= 0.6 is 11.3 Å². The number of aliphatic imine (C=N–C) groups is 1. The summed E-state index contributed by atoms with van der Waals surface area (Å²) in [6.07, 6.45) is 4.01. The monoisotopic (exact) mass is 337 g/mol. The second-order valence-electron chi connectivity index (χ2n) is 6.60. The van der Waals surface area contributed by atoms with Gasteiger partial charge < -0.3 is 10.6 Å². The van der Waals surface area contributed by atoms with Gasteiger partial charge in [-0.25, -0.2) is 4.98 Å². The average molecular weight is 338 g/mol. The zero-order valence-electron chi connectivity index (χ0n) is 15.1. The molecule has 2 atom stereocenters. The molecule has 0 bridgehead atoms. The summed E-state index contributed by atoms with van der Waals surface area (Å²) in [6, 6.07) is 1.08. The van der Waals surface area contributed by atoms with Gasteiger partial charge in [-0.15, -0.1) is 11.3 Å². The van der Waals surface area contributed by atoms with Crippen LogP contribution < -0.4 is 10.6 Å². The maximum absolute atomic E-state index is 4.47. The minimum absolute atomic E-state index is 0.468. The molecule has 0 spiro atoms. The number of hydrogen-bond acceptors (Lipinski definition) is 4. The number of aromatic nitrogens is 1. The molecule has 130 valence electrons. The SMILES string of the molecule is CCc1cnc(CCNC(=NC)NC2CN(C(C)C)CC2C)s1. The smallest absolute Gasteiger partial charge is 0.191 e. The molecule has 2 heterocycles. The number of thiazole rings is 1. The van der Waals surface area contributed by atoms with Gasteiger partial charge in [0.2, 0.25) is 0 Å². The van der Waals surface area contributed by atoms with E-state index < -0.39 is 0 Å². The first kappa shape index (κ1) is 18.2. The molecule has 2 N–H and O–H groups in total. The third kappa shape index (κ3) is 5.18. The quantitative estimate of drug-likeness (QED) is 0.617. The van der Waals surface area contributed by atoms with Crippen molar-refractivity contribution in [3.63, 3.8) is 0 Å². The van der Waals surface area contributed by atoms with E-state index >= 15 is 0 Å². The zero-order valence-corrected chi connectivity index (χ0v) is 15.9. The van der Waals surface area contributed by atoms with Crippen molar-refractivity contribution in [3.8, 4) is 0 Å². The Balaban J connectivity index is 1.77. The Labute approximate surface area is 144 Å². The van der Waals surface area contributed by atoms with Gasteiger partial charge in [-0.2, -0.15) is 0 Å². The fourth-order valence-electron chi connectivity index (χ4n) is 2.90. The second-order valence-corrected chi connectivity index (χ2v) is 7.80. The fourth-order valence-corrected chi connectivity index (χ4v) is 3.76. The van der Waals surface area contributed by atoms with Crippen LogP contribution in [0.1, 0.15) is 37.6 Å². The summed E-state index contributed by atoms with van der Waals surface area (Å²) < 4.78 is 0. The van der Waals surface area contributed by atoms with Crippen LogP contribution in [-0.2, 0) is 12.8 Å². The molecule has 6 heteroatoms. The van der Waals surface area contributed by atoms with Crippen molar-refractivity contribution in [2.24, 2.45) is 10.9 Å². The molecular formula is C17H31N5S. The van der Waals surface area contributed by atoms with Crippen LogP contribution in [0.2, 0.25) is 0 Å². The first-order valence-corrected chi connectivity index (χ1v) is 9.50. The topological polar surface area (TPSA) is 52.6 Å². The predicted octanol–water partition coefficient (Wildman–Crippen LogP) is 2.14. The first-order chi connectivity index (χ1) is 11.0. The van der Waals surface area contributed by atoms with Crippen LogP contribution in [0.25, 0.3) is 0 Å². The molecule has 0 amide bonds. The van der Waals surface area contributed by atoms with E-state index in [-0.39, 0.29) is 0 Å². The maximum atomic E-state index is 4.47. The van der Waals surface area contributed by atoms with Gasteiger partial charge >= 0.3 is 0 Å². The number of nitrogens with one attached hydrogen (secondary N) is 2. The molecule has 1 aromatic heterocycles. The molecule has 1 aliphatic heterocycles. The van der Waals surface area contributed by atoms with E-state index in [2.05, 4.69) is 53.2 Å². The van der Waals surface area contributed by atoms with E-state index in [1.165, 1.54) is 9.88 Å². The van der Waals surface area contributed by atoms with E-state index in [4.69, 9.17) is 0 Å². The number of hydrogen-bond donors (Lipinski definition) is 2. The summed E-state index contributed by atoms with van der Waals surface area (Å²) in [5.41, 5.74) is 0. The summed E-state index contributed by atoms with van der Waals surface area (Å²) in [7, 11) is 1.84. The molecule has 1 aliphatic rings. The molecule has 0 saturated carbocycles. The lowest BCUT2D eigenvalue weighted by Gasteiger charge is -2.21. The van der Waals surface area contributed by atoms with Crippen molar-refractivity contribution in [1.82, 2.24) is 20.5 Å². The van der Waals surface area contributed by atoms with E-state index in [1.807, 2.05) is 24.6 Å². The summed E-state index contributed by atoms with van der Waals surface area (Å²) in [4.78, 5) is 12.7. The normalized spacial score (nSPS) is 22.8. The number of likely N-dealkylation sites (tertiary alicyclic amines) is 1. The highest BCUT2D eigenvalue weighted by Gasteiger charge is 2.31. The van der Waals surface area contributed by atoms with E-state index in [0.717, 1.165) is 38.4 Å². The van der Waals surface area contributed by atoms with E-state index in [1.54, 1.807) is 0 Å². The maximum Gasteiger partial charge on any atom is 0.191 e. The van der Waals surface area contributed by atoms with E-state index in [9.17, 15) is 0 Å². The highest BCUT2D eigenvalue weighted by atomic mass is 32.1. The third-order valence-electron chi connectivity index (χ3n) is 4.50. The van der Waals surface area contributed by atoms with Crippen LogP contribution in [-0.4, -0.2) is 54.6 Å². The van der Waals surface area contributed by atoms with Gasteiger partial charge in [-0.3, -0.25) is 9.89 Å². The van der Waals surface area contributed by atoms with Crippen molar-refractivity contribution in [1.29, 1.82) is 0 Å². The molecule has 1 aromatic rings. The Kier molecular flexibility index (Phi) is 6.84. The highest BCUT2D eigenvalue weighted by molar-refractivity contribution is 7.11. The molecule has 23 heavy (non-hydrogen) atoms. The molecule has 1 fully saturated rings. The lowest BCUT2D eigenvalue weighted by Crippen LogP contribution is -2.47. The highest BCUT2D eigenvalue weighted by Crippen LogP contribution is 2.18. The van der Waals surface area contributed by atoms with Gasteiger partial charge in [0.15, 0.2) is 5.96 Å². The first-order valence-electron chi connectivity index (χ1n) is 8.68. The summed E-state index contributed by atoms with van der Waals surface area (Å²) in [5.74, 6) is 1.54. The fraction of sp³-hybridized carbons (Fsp3) is 0.765. The Hall–Kier alpha value is -1.14. The van der Waals surface area contributed by atoms with Gasteiger partial charge in [-0.1, -0.05) is 13.8 Å². The minimum Gasteiger partial charge on any atom is -0.356 e. The molecule has 2 unspecified atom stereocenters. The Morgan fingerprint density at radius 2 is 2.26 bits per heavy atom. The summed E-state index contributed by atoms with van der Waals surface area (Å²) in [5, 5.41) is 8.21. The van der Waals surface area contributed by atoms with Crippen LogP contribution in [0.5, 0.6) is 0 Å². The largest absolute Gasteiger partial charge is 0.356 e. The lowest BCUT2D eigenvalue weighted by molar-refractivity contribution is 0.265. The molecular weight excluding hydrogens is 306 g/mol. The van der Waals surface area contributed by atoms with Crippen LogP contribution in [0.15, 0.2) is 11.2 Å². The average Bonchev–Trinajstić information content (AvgIpc) is 3.13. The van der Waals surface area contributed by atoms with Gasteiger partial charge in [-0.05, 0) is 26.2 Å². The molecule has 0 aliphatic carbocycles. The van der Waals surface area contributed by atoms with Crippen LogP contribution in [0, 0.1) is 5.92 Å². The summed E-state index contributed by atoms with van der Waals surface area (Å²) in [6.45, 7) is 12.1. The number of nitrogens with zero attached hydrogens (tertiary/aromatic N) is 3. The van der Waals surface area contributed by atoms with Crippen molar-refractivity contribution in [2.45, 2.75) is 52.6 Å². The van der Waals surface area contributed by atoms with Gasteiger partial charge in [0.1, 0.15) is 0 Å². The standard InChI is InChI=1S/C17H31N5S/c1-6-14-9-20-16(23-14)7-8-19-17(18-5)21-15-11-22(12(2)3)10-13(15)4/h9,12-13,15H,6-8,10-11H2,1-5H3,(H2,18,19,21). The Morgan fingerprint density at radius 1 is 1.48 bits per heavy atom. The van der Waals surface area contributed by atoms with Crippen LogP contribution in [0.4, 0.5) is 0 Å². The van der Waals surface area contributed by atoms with Gasteiger partial charge in [0.25, 0.3) is 0 Å². The van der Waals surface area contributed by atoms with E-state index in [0.29, 0.717) is 18.0 Å². The minimum atomic E-state index is 0.468. The molecule has 5 nitrogen and oxygen atoms in total. The molecule has 2 rings (SSSR count). The molecule has 1 saturated heterocycles. The van der Waals surface area contributed by atoms with Gasteiger partial charge in [0.05, 0.1) is 5.01 Å². The third-order valence-corrected chi connectivity index (χ3v) is 5.70.